The van der Waals surface area contributed by atoms with Crippen molar-refractivity contribution in [2.24, 2.45) is 5.92 Å². The molecule has 2 unspecified atom stereocenters. The van der Waals surface area contributed by atoms with Gasteiger partial charge in [-0.3, -0.25) is 4.79 Å². The summed E-state index contributed by atoms with van der Waals surface area (Å²) in [6.45, 7) is 0.244. The van der Waals surface area contributed by atoms with Gasteiger partial charge in [0.05, 0.1) is 10.9 Å². The van der Waals surface area contributed by atoms with Crippen LogP contribution in [0.15, 0.2) is 12.1 Å². The Labute approximate surface area is 101 Å². The molecule has 6 heteroatoms. The van der Waals surface area contributed by atoms with Crippen molar-refractivity contribution >= 4 is 17.6 Å². The van der Waals surface area contributed by atoms with E-state index in [1.165, 1.54) is 0 Å². The molecule has 2 rings (SSSR count). The second-order valence-corrected chi connectivity index (χ2v) is 4.43. The number of halogens is 3. The molecule has 0 aliphatic carbocycles. The van der Waals surface area contributed by atoms with Crippen LogP contribution in [0.1, 0.15) is 18.0 Å². The molecule has 92 valence electrons. The summed E-state index contributed by atoms with van der Waals surface area (Å²) in [5.41, 5.74) is 0.0822. The molecule has 1 aromatic rings. The van der Waals surface area contributed by atoms with E-state index in [0.29, 0.717) is 0 Å². The molecule has 17 heavy (non-hydrogen) atoms. The smallest absolute Gasteiger partial charge is 0.307 e. The normalized spacial score (nSPS) is 23.9. The van der Waals surface area contributed by atoms with Gasteiger partial charge in [0.2, 0.25) is 0 Å². The first-order valence-corrected chi connectivity index (χ1v) is 5.47. The Bertz CT molecular complexity index is 467. The standard InChI is InChI=1S/C11H10ClF2NO2/c12-8-3-6(13)2-7(10(8)14)9-1-5(4-15-9)11(16)17/h2-3,5,9,15H,1,4H2,(H,16,17). The molecular formula is C11H10ClF2NO2. The minimum atomic E-state index is -0.942. The number of rotatable bonds is 2. The zero-order chi connectivity index (χ0) is 12.6. The lowest BCUT2D eigenvalue weighted by Gasteiger charge is -2.12. The van der Waals surface area contributed by atoms with Gasteiger partial charge in [-0.15, -0.1) is 0 Å². The number of carboxylic acids is 1. The van der Waals surface area contributed by atoms with Crippen LogP contribution in [0.4, 0.5) is 8.78 Å². The predicted molar refractivity (Wildman–Crippen MR) is 57.9 cm³/mol. The van der Waals surface area contributed by atoms with Crippen LogP contribution in [0.2, 0.25) is 5.02 Å². The maximum absolute atomic E-state index is 13.7. The maximum atomic E-state index is 13.7. The number of benzene rings is 1. The zero-order valence-electron chi connectivity index (χ0n) is 8.71. The van der Waals surface area contributed by atoms with Crippen molar-refractivity contribution in [1.29, 1.82) is 0 Å². The first-order chi connectivity index (χ1) is 7.99. The van der Waals surface area contributed by atoms with Crippen LogP contribution in [0.3, 0.4) is 0 Å². The molecule has 2 atom stereocenters. The van der Waals surface area contributed by atoms with Gasteiger partial charge in [0, 0.05) is 18.2 Å². The van der Waals surface area contributed by atoms with Crippen molar-refractivity contribution < 1.29 is 18.7 Å². The van der Waals surface area contributed by atoms with Crippen LogP contribution in [-0.2, 0) is 4.79 Å². The molecule has 0 bridgehead atoms. The lowest BCUT2D eigenvalue weighted by atomic mass is 9.99. The second-order valence-electron chi connectivity index (χ2n) is 4.02. The summed E-state index contributed by atoms with van der Waals surface area (Å²) < 4.78 is 26.8. The third-order valence-corrected chi connectivity index (χ3v) is 3.15. The van der Waals surface area contributed by atoms with Crippen molar-refractivity contribution in [2.45, 2.75) is 12.5 Å². The Morgan fingerprint density at radius 2 is 2.18 bits per heavy atom. The molecule has 1 aliphatic heterocycles. The number of carboxylic acid groups (broad SMARTS) is 1. The number of hydrogen-bond acceptors (Lipinski definition) is 2. The molecule has 0 radical (unpaired) electrons. The molecule has 0 amide bonds. The van der Waals surface area contributed by atoms with Gasteiger partial charge in [-0.2, -0.15) is 0 Å². The third-order valence-electron chi connectivity index (χ3n) is 2.88. The molecule has 0 saturated carbocycles. The molecule has 1 aliphatic rings. The Morgan fingerprint density at radius 1 is 1.47 bits per heavy atom. The largest absolute Gasteiger partial charge is 0.481 e. The van der Waals surface area contributed by atoms with Gasteiger partial charge in [0.15, 0.2) is 0 Å². The monoisotopic (exact) mass is 261 g/mol. The molecule has 1 saturated heterocycles. The average molecular weight is 262 g/mol. The van der Waals surface area contributed by atoms with Crippen molar-refractivity contribution in [3.8, 4) is 0 Å². The first-order valence-electron chi connectivity index (χ1n) is 5.09. The van der Waals surface area contributed by atoms with Crippen LogP contribution < -0.4 is 5.32 Å². The molecule has 1 heterocycles. The fraction of sp³-hybridized carbons (Fsp3) is 0.364. The van der Waals surface area contributed by atoms with E-state index in [9.17, 15) is 13.6 Å². The average Bonchev–Trinajstić information content (AvgIpc) is 2.72. The van der Waals surface area contributed by atoms with E-state index >= 15 is 0 Å². The molecule has 3 nitrogen and oxygen atoms in total. The van der Waals surface area contributed by atoms with Crippen molar-refractivity contribution in [3.05, 3.63) is 34.4 Å². The highest BCUT2D eigenvalue weighted by molar-refractivity contribution is 6.30. The quantitative estimate of drug-likeness (QED) is 0.804. The Hall–Kier alpha value is -1.20. The van der Waals surface area contributed by atoms with Gasteiger partial charge in [0.25, 0.3) is 0 Å². The van der Waals surface area contributed by atoms with Gasteiger partial charge in [-0.25, -0.2) is 8.78 Å². The highest BCUT2D eigenvalue weighted by Crippen LogP contribution is 2.32. The summed E-state index contributed by atoms with van der Waals surface area (Å²) in [5, 5.41) is 11.4. The van der Waals surface area contributed by atoms with Crippen molar-refractivity contribution in [2.75, 3.05) is 6.54 Å². The van der Waals surface area contributed by atoms with Crippen molar-refractivity contribution in [3.63, 3.8) is 0 Å². The highest BCUT2D eigenvalue weighted by Gasteiger charge is 2.32. The van der Waals surface area contributed by atoms with Gasteiger partial charge in [0.1, 0.15) is 11.6 Å². The van der Waals surface area contributed by atoms with E-state index in [0.717, 1.165) is 12.1 Å². The van der Waals surface area contributed by atoms with Gasteiger partial charge in [-0.05, 0) is 18.6 Å². The molecule has 1 aromatic carbocycles. The Kier molecular flexibility index (Phi) is 3.31. The van der Waals surface area contributed by atoms with Crippen LogP contribution in [0.5, 0.6) is 0 Å². The summed E-state index contributed by atoms with van der Waals surface area (Å²) in [5.74, 6) is -2.85. The Balaban J connectivity index is 2.27. The highest BCUT2D eigenvalue weighted by atomic mass is 35.5. The number of carbonyl (C=O) groups is 1. The van der Waals surface area contributed by atoms with E-state index in [1.807, 2.05) is 0 Å². The van der Waals surface area contributed by atoms with E-state index in [2.05, 4.69) is 5.32 Å². The van der Waals surface area contributed by atoms with Crippen LogP contribution in [-0.4, -0.2) is 17.6 Å². The SMILES string of the molecule is O=C(O)C1CNC(c2cc(F)cc(Cl)c2F)C1. The number of nitrogens with one attached hydrogen (secondary N) is 1. The topological polar surface area (TPSA) is 49.3 Å². The van der Waals surface area contributed by atoms with Crippen LogP contribution in [0, 0.1) is 17.6 Å². The van der Waals surface area contributed by atoms with Crippen LogP contribution in [0.25, 0.3) is 0 Å². The summed E-state index contributed by atoms with van der Waals surface area (Å²) in [7, 11) is 0. The predicted octanol–water partition coefficient (Wildman–Crippen LogP) is 2.35. The lowest BCUT2D eigenvalue weighted by Crippen LogP contribution is -2.17. The molecular weight excluding hydrogens is 252 g/mol. The minimum Gasteiger partial charge on any atom is -0.481 e. The molecule has 1 fully saturated rings. The van der Waals surface area contributed by atoms with Crippen molar-refractivity contribution in [1.82, 2.24) is 5.32 Å². The second kappa shape index (κ2) is 4.58. The zero-order valence-corrected chi connectivity index (χ0v) is 9.47. The van der Waals surface area contributed by atoms with Crippen LogP contribution >= 0.6 is 11.6 Å². The summed E-state index contributed by atoms with van der Waals surface area (Å²) in [6, 6.07) is 1.43. The molecule has 2 N–H and O–H groups in total. The summed E-state index contributed by atoms with van der Waals surface area (Å²) in [4.78, 5) is 10.8. The summed E-state index contributed by atoms with van der Waals surface area (Å²) >= 11 is 5.54. The van der Waals surface area contributed by atoms with Gasteiger partial charge in [-0.1, -0.05) is 11.6 Å². The maximum Gasteiger partial charge on any atom is 0.307 e. The van der Waals surface area contributed by atoms with E-state index in [1.54, 1.807) is 0 Å². The fourth-order valence-corrected chi connectivity index (χ4v) is 2.20. The minimum absolute atomic E-state index is 0.0822. The fourth-order valence-electron chi connectivity index (χ4n) is 1.99. The molecule has 0 spiro atoms. The number of aliphatic carboxylic acids is 1. The van der Waals surface area contributed by atoms with Gasteiger partial charge < -0.3 is 10.4 Å². The van der Waals surface area contributed by atoms with E-state index in [4.69, 9.17) is 16.7 Å². The summed E-state index contributed by atoms with van der Waals surface area (Å²) in [6.07, 6.45) is 0.228. The third kappa shape index (κ3) is 2.40. The number of hydrogen-bond donors (Lipinski definition) is 2. The van der Waals surface area contributed by atoms with E-state index < -0.39 is 29.6 Å². The Morgan fingerprint density at radius 3 is 2.76 bits per heavy atom. The van der Waals surface area contributed by atoms with Gasteiger partial charge >= 0.3 is 5.97 Å². The molecule has 0 aromatic heterocycles. The van der Waals surface area contributed by atoms with E-state index in [-0.39, 0.29) is 23.6 Å². The first kappa shape index (κ1) is 12.3. The lowest BCUT2D eigenvalue weighted by molar-refractivity contribution is -0.141.